The molecular weight excluding hydrogens is 588 g/mol. The van der Waals surface area contributed by atoms with Crippen LogP contribution in [0.4, 0.5) is 5.95 Å². The molecule has 10 heteroatoms. The highest BCUT2D eigenvalue weighted by Crippen LogP contribution is 2.37. The number of aromatic amines is 1. The predicted octanol–water partition coefficient (Wildman–Crippen LogP) is 6.45. The minimum atomic E-state index is 0.202. The van der Waals surface area contributed by atoms with Gasteiger partial charge < -0.3 is 24.6 Å². The van der Waals surface area contributed by atoms with E-state index in [1.165, 1.54) is 16.7 Å². The number of anilines is 1. The monoisotopic (exact) mass is 632 g/mol. The van der Waals surface area contributed by atoms with Gasteiger partial charge in [-0.15, -0.1) is 10.2 Å². The summed E-state index contributed by atoms with van der Waals surface area (Å²) in [6.07, 6.45) is 12.6. The summed E-state index contributed by atoms with van der Waals surface area (Å²) in [5.74, 6) is 4.41. The second-order valence-corrected chi connectivity index (χ2v) is 13.4. The first kappa shape index (κ1) is 30.9. The molecule has 3 aliphatic heterocycles. The highest BCUT2D eigenvalue weighted by atomic mass is 16.5. The Labute approximate surface area is 276 Å². The van der Waals surface area contributed by atoms with Gasteiger partial charge in [-0.25, -0.2) is 9.97 Å². The molecule has 1 unspecified atom stereocenters. The molecule has 7 rings (SSSR count). The number of phenolic OH excluding ortho intramolecular Hbond substituents is 1. The van der Waals surface area contributed by atoms with Gasteiger partial charge in [0.05, 0.1) is 25.1 Å². The predicted molar refractivity (Wildman–Crippen MR) is 186 cm³/mol. The largest absolute Gasteiger partial charge is 0.507 e. The zero-order valence-electron chi connectivity index (χ0n) is 27.6. The van der Waals surface area contributed by atoms with Crippen LogP contribution in [0.5, 0.6) is 5.75 Å². The topological polar surface area (TPSA) is 116 Å². The quantitative estimate of drug-likeness (QED) is 0.213. The van der Waals surface area contributed by atoms with E-state index in [4.69, 9.17) is 19.7 Å². The second-order valence-electron chi connectivity index (χ2n) is 13.4. The van der Waals surface area contributed by atoms with Crippen LogP contribution in [-0.4, -0.2) is 80.8 Å². The molecule has 47 heavy (non-hydrogen) atoms. The van der Waals surface area contributed by atoms with Crippen molar-refractivity contribution in [1.29, 1.82) is 0 Å². The van der Waals surface area contributed by atoms with E-state index < -0.39 is 0 Å². The Morgan fingerprint density at radius 3 is 2.38 bits per heavy atom. The molecule has 1 atom stereocenters. The fraction of sp³-hybridized carbons (Fsp3) is 0.432. The van der Waals surface area contributed by atoms with Crippen LogP contribution >= 0.6 is 0 Å². The summed E-state index contributed by atoms with van der Waals surface area (Å²) in [5.41, 5.74) is 5.92. The van der Waals surface area contributed by atoms with Crippen molar-refractivity contribution >= 4 is 22.8 Å². The van der Waals surface area contributed by atoms with Crippen LogP contribution in [0.2, 0.25) is 0 Å². The zero-order valence-corrected chi connectivity index (χ0v) is 27.6. The van der Waals surface area contributed by atoms with Crippen molar-refractivity contribution in [3.63, 3.8) is 0 Å². The molecule has 2 N–H and O–H groups in total. The van der Waals surface area contributed by atoms with Gasteiger partial charge in [-0.05, 0) is 84.4 Å². The number of rotatable bonds is 8. The second kappa shape index (κ2) is 13.2. The van der Waals surface area contributed by atoms with Crippen molar-refractivity contribution in [1.82, 2.24) is 30.0 Å². The summed E-state index contributed by atoms with van der Waals surface area (Å²) in [6, 6.07) is 9.30. The lowest BCUT2D eigenvalue weighted by atomic mass is 9.86. The number of para-hydroxylation sites is 1. The van der Waals surface area contributed by atoms with Crippen LogP contribution < -0.4 is 4.90 Å². The Hall–Kier alpha value is -4.73. The summed E-state index contributed by atoms with van der Waals surface area (Å²) in [7, 11) is 1.70. The minimum Gasteiger partial charge on any atom is -0.507 e. The van der Waals surface area contributed by atoms with Gasteiger partial charge in [0.15, 0.2) is 5.65 Å². The van der Waals surface area contributed by atoms with E-state index in [9.17, 15) is 5.11 Å². The maximum absolute atomic E-state index is 10.3. The average Bonchev–Trinajstić information content (AvgIpc) is 3.76. The summed E-state index contributed by atoms with van der Waals surface area (Å²) in [4.78, 5) is 22.6. The van der Waals surface area contributed by atoms with Crippen LogP contribution in [0.1, 0.15) is 62.5 Å². The van der Waals surface area contributed by atoms with Crippen molar-refractivity contribution in [3.8, 4) is 17.0 Å². The van der Waals surface area contributed by atoms with E-state index in [1.54, 1.807) is 13.2 Å². The zero-order chi connectivity index (χ0) is 32.5. The summed E-state index contributed by atoms with van der Waals surface area (Å²) >= 11 is 0. The number of aromatic nitrogens is 5. The number of H-pyrrole nitrogens is 1. The van der Waals surface area contributed by atoms with Gasteiger partial charge in [-0.2, -0.15) is 0 Å². The first-order valence-electron chi connectivity index (χ1n) is 16.8. The molecule has 0 radical (unpaired) electrons. The molecule has 0 amide bonds. The summed E-state index contributed by atoms with van der Waals surface area (Å²) < 4.78 is 5.50. The maximum atomic E-state index is 10.3. The average molecular weight is 633 g/mol. The van der Waals surface area contributed by atoms with Crippen molar-refractivity contribution in [2.75, 3.05) is 44.7 Å². The maximum Gasteiger partial charge on any atom is 0.225 e. The number of aromatic hydroxyl groups is 1. The number of nitrogens with zero attached hydrogens (tertiary/aromatic N) is 7. The standard InChI is InChI=1S/C37H44N8O2/c1-23(2)35(24(3)47-4)27-17-34(38-19-27)44-13-9-25(10-14-44)28-20-40-37(41-21-28)45-15-11-26(12-16-45)31-22-39-36-30(31)18-32(42-43-36)29-7-5-6-8-33(29)46/h5-8,17-18,20-23,25-26,35,46H,3,9-16,19H2,1-2,4H3,(H,39,43). The van der Waals surface area contributed by atoms with Gasteiger partial charge in [0.1, 0.15) is 11.6 Å². The van der Waals surface area contributed by atoms with E-state index in [0.717, 1.165) is 87.0 Å². The number of methoxy groups -OCH3 is 1. The lowest BCUT2D eigenvalue weighted by Crippen LogP contribution is -2.37. The molecule has 4 aromatic rings. The van der Waals surface area contributed by atoms with Crippen molar-refractivity contribution in [2.45, 2.75) is 51.4 Å². The van der Waals surface area contributed by atoms with Gasteiger partial charge in [-0.3, -0.25) is 4.99 Å². The smallest absolute Gasteiger partial charge is 0.225 e. The molecule has 2 saturated heterocycles. The number of fused-ring (bicyclic) bond motifs is 1. The number of piperidine rings is 2. The lowest BCUT2D eigenvalue weighted by molar-refractivity contribution is 0.233. The summed E-state index contributed by atoms with van der Waals surface area (Å²) in [6.45, 7) is 13.0. The van der Waals surface area contributed by atoms with E-state index in [-0.39, 0.29) is 11.7 Å². The number of allylic oxidation sites excluding steroid dienone is 1. The number of nitrogens with one attached hydrogen (secondary N) is 1. The van der Waals surface area contributed by atoms with Crippen LogP contribution in [0.3, 0.4) is 0 Å². The number of benzene rings is 1. The summed E-state index contributed by atoms with van der Waals surface area (Å²) in [5, 5.41) is 20.2. The molecule has 0 aliphatic carbocycles. The third-order valence-electron chi connectivity index (χ3n) is 10.2. The first-order valence-corrected chi connectivity index (χ1v) is 16.8. The number of likely N-dealkylation sites (tertiary alicyclic amines) is 1. The Bertz CT molecular complexity index is 1790. The number of ether oxygens (including phenoxy) is 1. The van der Waals surface area contributed by atoms with Crippen LogP contribution in [0.15, 0.2) is 77.9 Å². The SMILES string of the molecule is C=C(OC)C(C1=CC(N2CCC(c3cnc(N4CCC(c5c[nH]c6nnc(-c7ccccc7O)cc56)CC4)nc3)CC2)=NC1)C(C)C. The fourth-order valence-corrected chi connectivity index (χ4v) is 7.58. The van der Waals surface area contributed by atoms with Gasteiger partial charge in [0.2, 0.25) is 5.95 Å². The molecule has 3 aromatic heterocycles. The van der Waals surface area contributed by atoms with Gasteiger partial charge in [0.25, 0.3) is 0 Å². The Morgan fingerprint density at radius 2 is 1.68 bits per heavy atom. The molecule has 10 nitrogen and oxygen atoms in total. The third-order valence-corrected chi connectivity index (χ3v) is 10.2. The molecule has 0 bridgehead atoms. The van der Waals surface area contributed by atoms with Gasteiger partial charge in [-0.1, -0.05) is 32.6 Å². The van der Waals surface area contributed by atoms with Crippen molar-refractivity contribution in [3.05, 3.63) is 84.0 Å². The number of hydrogen-bond donors (Lipinski definition) is 2. The van der Waals surface area contributed by atoms with Gasteiger partial charge >= 0.3 is 0 Å². The fourth-order valence-electron chi connectivity index (χ4n) is 7.58. The van der Waals surface area contributed by atoms with E-state index in [0.29, 0.717) is 29.0 Å². The number of hydrogen-bond acceptors (Lipinski definition) is 9. The first-order chi connectivity index (χ1) is 22.9. The van der Waals surface area contributed by atoms with E-state index in [2.05, 4.69) is 57.7 Å². The Balaban J connectivity index is 0.942. The van der Waals surface area contributed by atoms with E-state index in [1.807, 2.05) is 36.7 Å². The third kappa shape index (κ3) is 6.21. The van der Waals surface area contributed by atoms with Crippen LogP contribution in [0, 0.1) is 11.8 Å². The highest BCUT2D eigenvalue weighted by molar-refractivity contribution is 5.96. The minimum absolute atomic E-state index is 0.202. The van der Waals surface area contributed by atoms with E-state index >= 15 is 0 Å². The number of phenols is 1. The van der Waals surface area contributed by atoms with Gasteiger partial charge in [0, 0.05) is 61.6 Å². The molecule has 244 valence electrons. The molecule has 3 aliphatic rings. The molecular formula is C37H44N8O2. The normalized spacial score (nSPS) is 18.5. The lowest BCUT2D eigenvalue weighted by Gasteiger charge is -2.34. The number of aliphatic imine (C=N–C) groups is 1. The molecule has 2 fully saturated rings. The molecule has 0 saturated carbocycles. The van der Waals surface area contributed by atoms with Crippen LogP contribution in [-0.2, 0) is 4.74 Å². The van der Waals surface area contributed by atoms with Crippen molar-refractivity contribution < 1.29 is 9.84 Å². The molecule has 1 aromatic carbocycles. The Morgan fingerprint density at radius 1 is 0.979 bits per heavy atom. The molecule has 6 heterocycles. The highest BCUT2D eigenvalue weighted by Gasteiger charge is 2.30. The van der Waals surface area contributed by atoms with Crippen LogP contribution in [0.25, 0.3) is 22.3 Å². The Kier molecular flexibility index (Phi) is 8.66. The van der Waals surface area contributed by atoms with Crippen molar-refractivity contribution in [2.24, 2.45) is 16.8 Å². The number of amidine groups is 1. The molecule has 0 spiro atoms.